The number of carbonyl (C=O) groups is 3. The van der Waals surface area contributed by atoms with Gasteiger partial charge in [-0.1, -0.05) is 36.4 Å². The lowest BCUT2D eigenvalue weighted by Gasteiger charge is -2.24. The number of methoxy groups -OCH3 is 1. The number of ether oxygens (including phenoxy) is 1. The normalized spacial score (nSPS) is 15.1. The quantitative estimate of drug-likeness (QED) is 0.310. The monoisotopic (exact) mass is 473 g/mol. The van der Waals surface area contributed by atoms with E-state index in [1.54, 1.807) is 12.4 Å². The van der Waals surface area contributed by atoms with Crippen molar-refractivity contribution in [1.29, 1.82) is 0 Å². The number of imide groups is 1. The van der Waals surface area contributed by atoms with E-state index in [0.717, 1.165) is 26.7 Å². The molecule has 0 unspecified atom stereocenters. The molecular weight excluding hydrogens is 450 g/mol. The smallest absolute Gasteiger partial charge is 0.329 e. The Hall–Kier alpha value is -3.78. The molecule has 2 aromatic carbocycles. The van der Waals surface area contributed by atoms with E-state index in [4.69, 9.17) is 4.74 Å². The highest BCUT2D eigenvalue weighted by Crippen LogP contribution is 2.41. The number of nitrogens with zero attached hydrogens (tertiary/aromatic N) is 1. The molecule has 0 saturated heterocycles. The molecule has 2 amide bonds. The Morgan fingerprint density at radius 3 is 1.88 bits per heavy atom. The van der Waals surface area contributed by atoms with Crippen LogP contribution in [-0.4, -0.2) is 57.8 Å². The Bertz CT molecular complexity index is 1370. The average molecular weight is 474 g/mol. The number of amides is 2. The zero-order valence-electron chi connectivity index (χ0n) is 18.8. The highest BCUT2D eigenvalue weighted by atomic mass is 32.2. The summed E-state index contributed by atoms with van der Waals surface area (Å²) in [5, 5.41) is 1.66. The molecule has 5 rings (SSSR count). The first kappa shape index (κ1) is 22.0. The van der Waals surface area contributed by atoms with Crippen molar-refractivity contribution in [2.45, 2.75) is 12.5 Å². The molecule has 34 heavy (non-hydrogen) atoms. The molecule has 0 bridgehead atoms. The Balaban J connectivity index is 1.75. The number of fused-ring (bicyclic) bond motifs is 2. The molecule has 7 nitrogen and oxygen atoms in total. The van der Waals surface area contributed by atoms with Crippen LogP contribution in [0, 0.1) is 0 Å². The molecule has 2 N–H and O–H groups in total. The van der Waals surface area contributed by atoms with Crippen LogP contribution in [0.1, 0.15) is 17.5 Å². The van der Waals surface area contributed by atoms with Crippen molar-refractivity contribution >= 4 is 62.5 Å². The number of hydrogen-bond donors (Lipinski definition) is 2. The number of nitrogens with one attached hydrogen (secondary N) is 2. The Kier molecular flexibility index (Phi) is 5.75. The summed E-state index contributed by atoms with van der Waals surface area (Å²) in [4.78, 5) is 48.0. The van der Waals surface area contributed by atoms with E-state index >= 15 is 0 Å². The number of esters is 1. The van der Waals surface area contributed by atoms with Crippen molar-refractivity contribution < 1.29 is 19.1 Å². The van der Waals surface area contributed by atoms with Crippen LogP contribution >= 0.6 is 11.8 Å². The molecule has 0 spiro atoms. The van der Waals surface area contributed by atoms with Gasteiger partial charge in [-0.15, -0.1) is 0 Å². The Morgan fingerprint density at radius 1 is 0.912 bits per heavy atom. The second kappa shape index (κ2) is 8.87. The molecule has 4 aromatic rings. The summed E-state index contributed by atoms with van der Waals surface area (Å²) in [5.41, 5.74) is 3.54. The van der Waals surface area contributed by atoms with Gasteiger partial charge in [-0.2, -0.15) is 11.8 Å². The maximum absolute atomic E-state index is 13.9. The van der Waals surface area contributed by atoms with Crippen LogP contribution in [0.4, 0.5) is 0 Å². The van der Waals surface area contributed by atoms with Crippen LogP contribution in [0.25, 0.3) is 33.0 Å². The van der Waals surface area contributed by atoms with E-state index in [1.807, 2.05) is 54.8 Å². The molecule has 172 valence electrons. The fourth-order valence-corrected chi connectivity index (χ4v) is 5.06. The molecule has 8 heteroatoms. The second-order valence-electron chi connectivity index (χ2n) is 8.05. The lowest BCUT2D eigenvalue weighted by Crippen LogP contribution is -2.46. The first-order chi connectivity index (χ1) is 16.6. The summed E-state index contributed by atoms with van der Waals surface area (Å²) in [7, 11) is 1.27. The number of carbonyl (C=O) groups excluding carboxylic acids is 3. The summed E-state index contributed by atoms with van der Waals surface area (Å²) in [6.45, 7) is 0. The third-order valence-corrected chi connectivity index (χ3v) is 6.86. The predicted molar refractivity (Wildman–Crippen MR) is 134 cm³/mol. The second-order valence-corrected chi connectivity index (χ2v) is 9.03. The van der Waals surface area contributed by atoms with Gasteiger partial charge in [0.25, 0.3) is 11.8 Å². The van der Waals surface area contributed by atoms with Crippen molar-refractivity contribution in [2.24, 2.45) is 0 Å². The predicted octanol–water partition coefficient (Wildman–Crippen LogP) is 4.22. The Morgan fingerprint density at radius 2 is 1.41 bits per heavy atom. The van der Waals surface area contributed by atoms with Crippen LogP contribution in [-0.2, 0) is 19.1 Å². The number of thioether (sulfide) groups is 1. The first-order valence-electron chi connectivity index (χ1n) is 10.9. The zero-order valence-corrected chi connectivity index (χ0v) is 19.6. The van der Waals surface area contributed by atoms with Gasteiger partial charge in [-0.25, -0.2) is 4.79 Å². The van der Waals surface area contributed by atoms with Gasteiger partial charge in [-0.3, -0.25) is 14.5 Å². The number of rotatable bonds is 7. The van der Waals surface area contributed by atoms with Crippen LogP contribution in [0.3, 0.4) is 0 Å². The SMILES string of the molecule is COC(=O)[C@H](CCSC)N1C(=O)C(c2c[nH]c3ccccc23)=C(c2c[nH]c3ccccc23)C1=O. The fraction of sp³-hybridized carbons (Fsp3) is 0.192. The van der Waals surface area contributed by atoms with Crippen LogP contribution < -0.4 is 0 Å². The van der Waals surface area contributed by atoms with Crippen LogP contribution in [0.2, 0.25) is 0 Å². The molecule has 2 aromatic heterocycles. The highest BCUT2D eigenvalue weighted by molar-refractivity contribution is 7.98. The maximum atomic E-state index is 13.9. The average Bonchev–Trinajstić information content (AvgIpc) is 3.54. The zero-order chi connectivity index (χ0) is 23.8. The van der Waals surface area contributed by atoms with E-state index in [0.29, 0.717) is 23.3 Å². The summed E-state index contributed by atoms with van der Waals surface area (Å²) in [6.07, 6.45) is 5.72. The largest absolute Gasteiger partial charge is 0.467 e. The minimum Gasteiger partial charge on any atom is -0.467 e. The van der Waals surface area contributed by atoms with E-state index in [9.17, 15) is 14.4 Å². The lowest BCUT2D eigenvalue weighted by molar-refractivity contribution is -0.155. The molecule has 3 heterocycles. The van der Waals surface area contributed by atoms with Crippen molar-refractivity contribution in [3.05, 3.63) is 72.1 Å². The number of benzene rings is 2. The number of para-hydroxylation sites is 2. The molecule has 1 aliphatic heterocycles. The molecule has 0 radical (unpaired) electrons. The molecule has 0 saturated carbocycles. The maximum Gasteiger partial charge on any atom is 0.329 e. The molecule has 1 aliphatic rings. The van der Waals surface area contributed by atoms with E-state index in [2.05, 4.69) is 9.97 Å². The standard InChI is InChI=1S/C26H23N3O4S/c1-33-26(32)21(11-12-34-2)29-24(30)22(17-13-27-19-9-5-3-7-15(17)19)23(25(29)31)18-14-28-20-10-6-4-8-16(18)20/h3-10,13-14,21,27-28H,11-12H2,1-2H3/t21-/m0/s1. The molecular formula is C26H23N3O4S. The fourth-order valence-electron chi connectivity index (χ4n) is 4.60. The van der Waals surface area contributed by atoms with Crippen molar-refractivity contribution in [3.8, 4) is 0 Å². The van der Waals surface area contributed by atoms with Gasteiger partial charge in [0, 0.05) is 45.3 Å². The van der Waals surface area contributed by atoms with Gasteiger partial charge in [0.1, 0.15) is 6.04 Å². The third-order valence-electron chi connectivity index (χ3n) is 6.21. The van der Waals surface area contributed by atoms with E-state index in [1.165, 1.54) is 18.9 Å². The van der Waals surface area contributed by atoms with E-state index in [-0.39, 0.29) is 11.1 Å². The van der Waals surface area contributed by atoms with Gasteiger partial charge < -0.3 is 14.7 Å². The topological polar surface area (TPSA) is 95.3 Å². The number of aromatic nitrogens is 2. The highest BCUT2D eigenvalue weighted by Gasteiger charge is 2.46. The van der Waals surface area contributed by atoms with Gasteiger partial charge in [-0.05, 0) is 30.6 Å². The van der Waals surface area contributed by atoms with Crippen molar-refractivity contribution in [2.75, 3.05) is 19.1 Å². The van der Waals surface area contributed by atoms with Crippen LogP contribution in [0.15, 0.2) is 60.9 Å². The Labute approximate surface area is 200 Å². The third kappa shape index (κ3) is 3.42. The van der Waals surface area contributed by atoms with Crippen molar-refractivity contribution in [1.82, 2.24) is 14.9 Å². The van der Waals surface area contributed by atoms with E-state index < -0.39 is 23.8 Å². The number of aromatic amines is 2. The van der Waals surface area contributed by atoms with Gasteiger partial charge in [0.05, 0.1) is 18.3 Å². The minimum atomic E-state index is -1.000. The minimum absolute atomic E-state index is 0.283. The summed E-state index contributed by atoms with van der Waals surface area (Å²) < 4.78 is 4.99. The van der Waals surface area contributed by atoms with Crippen molar-refractivity contribution in [3.63, 3.8) is 0 Å². The summed E-state index contributed by atoms with van der Waals surface area (Å²) >= 11 is 1.54. The molecule has 1 atom stereocenters. The lowest BCUT2D eigenvalue weighted by atomic mass is 9.95. The summed E-state index contributed by atoms with van der Waals surface area (Å²) in [6, 6.07) is 14.2. The number of hydrogen-bond acceptors (Lipinski definition) is 5. The van der Waals surface area contributed by atoms with Gasteiger partial charge in [0.2, 0.25) is 0 Å². The molecule has 0 aliphatic carbocycles. The van der Waals surface area contributed by atoms with Crippen LogP contribution in [0.5, 0.6) is 0 Å². The van der Waals surface area contributed by atoms with Gasteiger partial charge in [0.15, 0.2) is 0 Å². The number of H-pyrrole nitrogens is 2. The van der Waals surface area contributed by atoms with Gasteiger partial charge >= 0.3 is 5.97 Å². The first-order valence-corrected chi connectivity index (χ1v) is 12.3. The molecule has 0 fully saturated rings. The summed E-state index contributed by atoms with van der Waals surface area (Å²) in [5.74, 6) is -0.992.